The van der Waals surface area contributed by atoms with E-state index in [2.05, 4.69) is 82.7 Å². The van der Waals surface area contributed by atoms with Crippen molar-refractivity contribution >= 4 is 65.8 Å². The number of hydrogen-bond acceptors (Lipinski definition) is 4. The van der Waals surface area contributed by atoms with Crippen molar-refractivity contribution in [1.29, 1.82) is 0 Å². The second kappa shape index (κ2) is 9.14. The van der Waals surface area contributed by atoms with Crippen LogP contribution in [0.25, 0.3) is 21.8 Å². The maximum atomic E-state index is 6.16. The van der Waals surface area contributed by atoms with Crippen molar-refractivity contribution in [3.05, 3.63) is 98.9 Å². The van der Waals surface area contributed by atoms with Crippen molar-refractivity contribution in [2.75, 3.05) is 5.43 Å². The van der Waals surface area contributed by atoms with Gasteiger partial charge < -0.3 is 9.72 Å². The van der Waals surface area contributed by atoms with Crippen LogP contribution in [0.15, 0.2) is 92.9 Å². The third-order valence-corrected chi connectivity index (χ3v) is 6.22. The highest BCUT2D eigenvalue weighted by Crippen LogP contribution is 2.35. The Morgan fingerprint density at radius 2 is 1.69 bits per heavy atom. The number of nitrogens with zero attached hydrogens (tertiary/aromatic N) is 2. The van der Waals surface area contributed by atoms with E-state index in [0.29, 0.717) is 12.6 Å². The Kier molecular flexibility index (Phi) is 5.92. The first-order valence-corrected chi connectivity index (χ1v) is 11.6. The van der Waals surface area contributed by atoms with E-state index in [1.807, 2.05) is 48.5 Å². The average Bonchev–Trinajstić information content (AvgIpc) is 3.21. The maximum absolute atomic E-state index is 6.16. The molecule has 0 aliphatic heterocycles. The van der Waals surface area contributed by atoms with Gasteiger partial charge in [0.25, 0.3) is 0 Å². The lowest BCUT2D eigenvalue weighted by atomic mass is 10.1. The molecule has 0 bridgehead atoms. The second-order valence-corrected chi connectivity index (χ2v) is 8.92. The molecule has 0 fully saturated rings. The minimum Gasteiger partial charge on any atom is -0.487 e. The summed E-state index contributed by atoms with van der Waals surface area (Å²) in [5.74, 6) is 1.34. The van der Waals surface area contributed by atoms with E-state index in [4.69, 9.17) is 4.74 Å². The highest BCUT2D eigenvalue weighted by molar-refractivity contribution is 9.11. The van der Waals surface area contributed by atoms with Crippen LogP contribution >= 0.6 is 31.9 Å². The lowest BCUT2D eigenvalue weighted by Gasteiger charge is -2.13. The third kappa shape index (κ3) is 4.40. The molecule has 1 heterocycles. The normalized spacial score (nSPS) is 11.4. The van der Waals surface area contributed by atoms with Crippen LogP contribution in [0.2, 0.25) is 0 Å². The number of benzene rings is 4. The summed E-state index contributed by atoms with van der Waals surface area (Å²) in [7, 11) is 0. The molecule has 0 radical (unpaired) electrons. The number of halogens is 2. The molecule has 0 saturated carbocycles. The molecule has 0 amide bonds. The maximum Gasteiger partial charge on any atom is 0.222 e. The number of hydrogen-bond donors (Lipinski definition) is 2. The number of nitrogens with one attached hydrogen (secondary N) is 2. The Bertz CT molecular complexity index is 1380. The Balaban J connectivity index is 1.30. The van der Waals surface area contributed by atoms with E-state index < -0.39 is 0 Å². The fourth-order valence-corrected chi connectivity index (χ4v) is 4.98. The number of fused-ring (bicyclic) bond motifs is 2. The molecule has 5 aromatic rings. The van der Waals surface area contributed by atoms with Crippen LogP contribution in [0.3, 0.4) is 0 Å². The molecule has 0 atom stereocenters. The summed E-state index contributed by atoms with van der Waals surface area (Å²) in [5.41, 5.74) is 6.84. The minimum atomic E-state index is 0.472. The van der Waals surface area contributed by atoms with Gasteiger partial charge in [0.2, 0.25) is 5.95 Å². The van der Waals surface area contributed by atoms with Crippen molar-refractivity contribution < 1.29 is 4.74 Å². The van der Waals surface area contributed by atoms with E-state index >= 15 is 0 Å². The summed E-state index contributed by atoms with van der Waals surface area (Å²) in [6, 6.07) is 26.3. The smallest absolute Gasteiger partial charge is 0.222 e. The lowest BCUT2D eigenvalue weighted by Crippen LogP contribution is -1.99. The largest absolute Gasteiger partial charge is 0.487 e. The molecule has 0 aliphatic rings. The monoisotopic (exact) mass is 548 g/mol. The zero-order valence-electron chi connectivity index (χ0n) is 16.8. The van der Waals surface area contributed by atoms with Gasteiger partial charge in [-0.25, -0.2) is 10.4 Å². The number of rotatable bonds is 6. The van der Waals surface area contributed by atoms with Crippen molar-refractivity contribution in [2.24, 2.45) is 5.10 Å². The Morgan fingerprint density at radius 3 is 2.53 bits per heavy atom. The highest BCUT2D eigenvalue weighted by atomic mass is 79.9. The van der Waals surface area contributed by atoms with Gasteiger partial charge >= 0.3 is 0 Å². The van der Waals surface area contributed by atoms with Crippen molar-refractivity contribution in [1.82, 2.24) is 9.97 Å². The number of para-hydroxylation sites is 2. The molecule has 0 saturated heterocycles. The van der Waals surface area contributed by atoms with E-state index in [-0.39, 0.29) is 0 Å². The molecule has 0 unspecified atom stereocenters. The molecule has 5 rings (SSSR count). The van der Waals surface area contributed by atoms with Gasteiger partial charge in [0, 0.05) is 0 Å². The van der Waals surface area contributed by atoms with Crippen LogP contribution in [0.4, 0.5) is 5.95 Å². The quantitative estimate of drug-likeness (QED) is 0.173. The molecular weight excluding hydrogens is 532 g/mol. The van der Waals surface area contributed by atoms with E-state index in [9.17, 15) is 0 Å². The van der Waals surface area contributed by atoms with Crippen molar-refractivity contribution in [2.45, 2.75) is 6.61 Å². The molecule has 1 aromatic heterocycles. The number of imidazole rings is 1. The summed E-state index contributed by atoms with van der Waals surface area (Å²) < 4.78 is 7.84. The molecule has 158 valence electrons. The van der Waals surface area contributed by atoms with E-state index in [0.717, 1.165) is 36.9 Å². The van der Waals surface area contributed by atoms with Gasteiger partial charge in [0.05, 0.1) is 26.2 Å². The number of ether oxygens (including phenoxy) is 1. The Labute approximate surface area is 201 Å². The summed E-state index contributed by atoms with van der Waals surface area (Å²) in [4.78, 5) is 7.63. The fourth-order valence-electron chi connectivity index (χ4n) is 3.53. The predicted octanol–water partition coefficient (Wildman–Crippen LogP) is 7.27. The molecule has 32 heavy (non-hydrogen) atoms. The molecular formula is C25H18Br2N4O. The molecule has 0 aliphatic carbocycles. The molecule has 4 aromatic carbocycles. The van der Waals surface area contributed by atoms with Crippen LogP contribution in [-0.2, 0) is 6.61 Å². The van der Waals surface area contributed by atoms with Gasteiger partial charge in [0.1, 0.15) is 12.4 Å². The van der Waals surface area contributed by atoms with Gasteiger partial charge in [0.15, 0.2) is 0 Å². The van der Waals surface area contributed by atoms with Crippen LogP contribution < -0.4 is 10.2 Å². The van der Waals surface area contributed by atoms with Gasteiger partial charge in [-0.1, -0.05) is 54.6 Å². The zero-order chi connectivity index (χ0) is 21.9. The van der Waals surface area contributed by atoms with Crippen LogP contribution in [-0.4, -0.2) is 16.2 Å². The third-order valence-electron chi connectivity index (χ3n) is 5.05. The van der Waals surface area contributed by atoms with Crippen molar-refractivity contribution in [3.63, 3.8) is 0 Å². The number of anilines is 1. The predicted molar refractivity (Wildman–Crippen MR) is 137 cm³/mol. The van der Waals surface area contributed by atoms with Gasteiger partial charge in [-0.3, -0.25) is 0 Å². The average molecular weight is 550 g/mol. The standard InChI is InChI=1S/C25H18Br2N4O/c26-20-12-16(14-28-31-25-29-22-10-3-4-11-23(22)30-25)13-21(27)24(20)32-15-18-8-5-7-17-6-1-2-9-19(17)18/h1-14H,15H2,(H2,29,30,31)/b28-14+. The number of aromatic nitrogens is 2. The van der Waals surface area contributed by atoms with Gasteiger partial charge in [-0.05, 0) is 78.0 Å². The molecule has 0 spiro atoms. The van der Waals surface area contributed by atoms with E-state index in [1.165, 1.54) is 10.8 Å². The SMILES string of the molecule is Brc1cc(/C=N/Nc2nc3ccccc3[nH]2)cc(Br)c1OCc1cccc2ccccc12. The van der Waals surface area contributed by atoms with Crippen LogP contribution in [0.5, 0.6) is 5.75 Å². The lowest BCUT2D eigenvalue weighted by molar-refractivity contribution is 0.303. The number of hydrazone groups is 1. The van der Waals surface area contributed by atoms with E-state index in [1.54, 1.807) is 6.21 Å². The Hall–Kier alpha value is -3.16. The second-order valence-electron chi connectivity index (χ2n) is 7.21. The highest BCUT2D eigenvalue weighted by Gasteiger charge is 2.10. The molecule has 7 heteroatoms. The summed E-state index contributed by atoms with van der Waals surface area (Å²) in [5, 5.41) is 6.70. The summed E-state index contributed by atoms with van der Waals surface area (Å²) >= 11 is 7.25. The summed E-state index contributed by atoms with van der Waals surface area (Å²) in [6.07, 6.45) is 1.73. The van der Waals surface area contributed by atoms with Crippen LogP contribution in [0.1, 0.15) is 11.1 Å². The first-order chi connectivity index (χ1) is 15.7. The number of H-pyrrole nitrogens is 1. The number of aromatic amines is 1. The molecule has 2 N–H and O–H groups in total. The summed E-state index contributed by atoms with van der Waals surface area (Å²) in [6.45, 7) is 0.472. The van der Waals surface area contributed by atoms with Crippen LogP contribution in [0, 0.1) is 0 Å². The first-order valence-electron chi connectivity index (χ1n) is 10.00. The minimum absolute atomic E-state index is 0.472. The van der Waals surface area contributed by atoms with Crippen molar-refractivity contribution in [3.8, 4) is 5.75 Å². The Morgan fingerprint density at radius 1 is 0.938 bits per heavy atom. The fraction of sp³-hybridized carbons (Fsp3) is 0.0400. The topological polar surface area (TPSA) is 62.3 Å². The van der Waals surface area contributed by atoms with Gasteiger partial charge in [-0.2, -0.15) is 5.10 Å². The zero-order valence-corrected chi connectivity index (χ0v) is 20.0. The first kappa shape index (κ1) is 20.7. The van der Waals surface area contributed by atoms with Gasteiger partial charge in [-0.15, -0.1) is 0 Å². The molecule has 5 nitrogen and oxygen atoms in total.